The lowest BCUT2D eigenvalue weighted by molar-refractivity contribution is -0.137. The highest BCUT2D eigenvalue weighted by Crippen LogP contribution is 2.26. The van der Waals surface area contributed by atoms with Crippen molar-refractivity contribution in [1.29, 1.82) is 0 Å². The number of aryl methyl sites for hydroxylation is 2. The molecule has 0 aliphatic rings. The summed E-state index contributed by atoms with van der Waals surface area (Å²) in [6.07, 6.45) is 3.90. The zero-order valence-corrected chi connectivity index (χ0v) is 12.0. The second-order valence-electron chi connectivity index (χ2n) is 4.40. The van der Waals surface area contributed by atoms with Gasteiger partial charge in [-0.05, 0) is 30.8 Å². The predicted octanol–water partition coefficient (Wildman–Crippen LogP) is 2.34. The normalized spacial score (nSPS) is 10.8. The summed E-state index contributed by atoms with van der Waals surface area (Å²) in [7, 11) is 0. The van der Waals surface area contributed by atoms with Crippen LogP contribution >= 0.6 is 11.5 Å². The Bertz CT molecular complexity index is 567. The van der Waals surface area contributed by atoms with E-state index in [1.807, 2.05) is 0 Å². The second kappa shape index (κ2) is 7.09. The van der Waals surface area contributed by atoms with Gasteiger partial charge in [-0.25, -0.2) is 0 Å². The molecular formula is C12H16N4O3S. The lowest BCUT2D eigenvalue weighted by Crippen LogP contribution is -1.95. The fourth-order valence-electron chi connectivity index (χ4n) is 1.77. The van der Waals surface area contributed by atoms with E-state index in [4.69, 9.17) is 9.52 Å². The minimum Gasteiger partial charge on any atom is -0.481 e. The summed E-state index contributed by atoms with van der Waals surface area (Å²) in [6, 6.07) is 0. The maximum Gasteiger partial charge on any atom is 0.303 e. The number of carboxylic acid groups (broad SMARTS) is 1. The van der Waals surface area contributed by atoms with Gasteiger partial charge in [-0.3, -0.25) is 4.79 Å². The Morgan fingerprint density at radius 1 is 1.25 bits per heavy atom. The Morgan fingerprint density at radius 3 is 2.85 bits per heavy atom. The van der Waals surface area contributed by atoms with Gasteiger partial charge in [-0.1, -0.05) is 17.8 Å². The van der Waals surface area contributed by atoms with E-state index in [0.717, 1.165) is 29.8 Å². The van der Waals surface area contributed by atoms with Gasteiger partial charge in [-0.2, -0.15) is 0 Å². The smallest absolute Gasteiger partial charge is 0.303 e. The van der Waals surface area contributed by atoms with Gasteiger partial charge in [0.1, 0.15) is 4.88 Å². The molecule has 0 aliphatic heterocycles. The maximum atomic E-state index is 10.4. The SMILES string of the molecule is CCCc1nnsc1-c1nnc(CCCCC(=O)O)o1. The number of hydrogen-bond donors (Lipinski definition) is 1. The van der Waals surface area contributed by atoms with Crippen molar-refractivity contribution in [3.63, 3.8) is 0 Å². The van der Waals surface area contributed by atoms with Crippen LogP contribution in [0.4, 0.5) is 0 Å². The third-order valence-corrected chi connectivity index (χ3v) is 3.49. The van der Waals surface area contributed by atoms with Crippen LogP contribution in [0.2, 0.25) is 0 Å². The van der Waals surface area contributed by atoms with Crippen molar-refractivity contribution in [2.75, 3.05) is 0 Å². The van der Waals surface area contributed by atoms with Gasteiger partial charge < -0.3 is 9.52 Å². The Morgan fingerprint density at radius 2 is 2.10 bits per heavy atom. The number of nitrogens with zero attached hydrogens (tertiary/aromatic N) is 4. The van der Waals surface area contributed by atoms with Crippen LogP contribution in [0.3, 0.4) is 0 Å². The van der Waals surface area contributed by atoms with Gasteiger partial charge in [0, 0.05) is 12.8 Å². The molecule has 0 spiro atoms. The van der Waals surface area contributed by atoms with Gasteiger partial charge in [0.25, 0.3) is 5.89 Å². The Hall–Kier alpha value is -1.83. The quantitative estimate of drug-likeness (QED) is 0.746. The van der Waals surface area contributed by atoms with E-state index in [1.165, 1.54) is 11.5 Å². The molecule has 0 unspecified atom stereocenters. The first-order valence-electron chi connectivity index (χ1n) is 6.56. The molecule has 20 heavy (non-hydrogen) atoms. The van der Waals surface area contributed by atoms with E-state index in [0.29, 0.717) is 24.6 Å². The molecule has 8 heteroatoms. The van der Waals surface area contributed by atoms with Crippen molar-refractivity contribution in [3.05, 3.63) is 11.6 Å². The molecule has 0 aromatic carbocycles. The molecular weight excluding hydrogens is 280 g/mol. The number of rotatable bonds is 8. The number of unbranched alkanes of at least 4 members (excludes halogenated alkanes) is 1. The van der Waals surface area contributed by atoms with E-state index in [2.05, 4.69) is 26.7 Å². The molecule has 2 aromatic heterocycles. The number of carboxylic acids is 1. The number of aromatic nitrogens is 4. The van der Waals surface area contributed by atoms with Crippen LogP contribution in [0, 0.1) is 0 Å². The van der Waals surface area contributed by atoms with Crippen LogP contribution < -0.4 is 0 Å². The molecule has 0 saturated carbocycles. The molecule has 2 rings (SSSR count). The van der Waals surface area contributed by atoms with Crippen molar-refractivity contribution >= 4 is 17.5 Å². The molecule has 2 heterocycles. The highest BCUT2D eigenvalue weighted by molar-refractivity contribution is 7.09. The van der Waals surface area contributed by atoms with E-state index in [9.17, 15) is 4.79 Å². The molecule has 2 aromatic rings. The van der Waals surface area contributed by atoms with Gasteiger partial charge in [0.2, 0.25) is 5.89 Å². The predicted molar refractivity (Wildman–Crippen MR) is 72.4 cm³/mol. The average Bonchev–Trinajstić information content (AvgIpc) is 3.03. The fourth-order valence-corrected chi connectivity index (χ4v) is 2.40. The Balaban J connectivity index is 1.94. The first-order valence-corrected chi connectivity index (χ1v) is 7.33. The lowest BCUT2D eigenvalue weighted by Gasteiger charge is -1.95. The van der Waals surface area contributed by atoms with Crippen molar-refractivity contribution in [2.45, 2.75) is 45.4 Å². The van der Waals surface area contributed by atoms with Crippen LogP contribution in [0.15, 0.2) is 4.42 Å². The highest BCUT2D eigenvalue weighted by atomic mass is 32.1. The fraction of sp³-hybridized carbons (Fsp3) is 0.583. The van der Waals surface area contributed by atoms with Crippen molar-refractivity contribution in [2.24, 2.45) is 0 Å². The van der Waals surface area contributed by atoms with Crippen LogP contribution in [0.25, 0.3) is 10.8 Å². The first kappa shape index (κ1) is 14.6. The lowest BCUT2D eigenvalue weighted by atomic mass is 10.2. The molecule has 0 saturated heterocycles. The van der Waals surface area contributed by atoms with Gasteiger partial charge in [0.05, 0.1) is 5.69 Å². The summed E-state index contributed by atoms with van der Waals surface area (Å²) in [5, 5.41) is 20.6. The summed E-state index contributed by atoms with van der Waals surface area (Å²) in [4.78, 5) is 11.2. The summed E-state index contributed by atoms with van der Waals surface area (Å²) in [5.41, 5.74) is 0.888. The molecule has 0 aliphatic carbocycles. The summed E-state index contributed by atoms with van der Waals surface area (Å²) in [5.74, 6) is 0.203. The van der Waals surface area contributed by atoms with Crippen LogP contribution in [0.1, 0.15) is 44.2 Å². The summed E-state index contributed by atoms with van der Waals surface area (Å²) in [6.45, 7) is 2.07. The summed E-state index contributed by atoms with van der Waals surface area (Å²) >= 11 is 1.25. The van der Waals surface area contributed by atoms with E-state index < -0.39 is 5.97 Å². The van der Waals surface area contributed by atoms with E-state index in [-0.39, 0.29) is 6.42 Å². The zero-order chi connectivity index (χ0) is 14.4. The number of hydrogen-bond acceptors (Lipinski definition) is 7. The maximum absolute atomic E-state index is 10.4. The number of carbonyl (C=O) groups is 1. The summed E-state index contributed by atoms with van der Waals surface area (Å²) < 4.78 is 9.50. The third-order valence-electron chi connectivity index (χ3n) is 2.73. The largest absolute Gasteiger partial charge is 0.481 e. The molecule has 0 atom stereocenters. The zero-order valence-electron chi connectivity index (χ0n) is 11.2. The topological polar surface area (TPSA) is 102 Å². The van der Waals surface area contributed by atoms with Crippen molar-refractivity contribution in [3.8, 4) is 10.8 Å². The van der Waals surface area contributed by atoms with Crippen LogP contribution in [-0.4, -0.2) is 30.9 Å². The van der Waals surface area contributed by atoms with E-state index in [1.54, 1.807) is 0 Å². The second-order valence-corrected chi connectivity index (χ2v) is 5.15. The van der Waals surface area contributed by atoms with E-state index >= 15 is 0 Å². The Kier molecular flexibility index (Phi) is 5.16. The molecule has 0 bridgehead atoms. The molecule has 0 radical (unpaired) electrons. The van der Waals surface area contributed by atoms with Crippen LogP contribution in [0.5, 0.6) is 0 Å². The van der Waals surface area contributed by atoms with Gasteiger partial charge >= 0.3 is 5.97 Å². The minimum absolute atomic E-state index is 0.167. The average molecular weight is 296 g/mol. The van der Waals surface area contributed by atoms with Crippen molar-refractivity contribution < 1.29 is 14.3 Å². The molecule has 7 nitrogen and oxygen atoms in total. The van der Waals surface area contributed by atoms with Crippen LogP contribution in [-0.2, 0) is 17.6 Å². The molecule has 0 amide bonds. The Labute approximate surface area is 120 Å². The standard InChI is InChI=1S/C12H16N4O3S/c1-2-5-8-11(20-16-13-8)12-15-14-9(19-12)6-3-4-7-10(17)18/h2-7H2,1H3,(H,17,18). The molecule has 1 N–H and O–H groups in total. The highest BCUT2D eigenvalue weighted by Gasteiger charge is 2.16. The van der Waals surface area contributed by atoms with Gasteiger partial charge in [-0.15, -0.1) is 15.3 Å². The van der Waals surface area contributed by atoms with Gasteiger partial charge in [0.15, 0.2) is 0 Å². The molecule has 0 fully saturated rings. The third kappa shape index (κ3) is 3.83. The molecule has 108 valence electrons. The monoisotopic (exact) mass is 296 g/mol. The number of aliphatic carboxylic acids is 1. The first-order chi connectivity index (χ1) is 9.70. The van der Waals surface area contributed by atoms with Crippen molar-refractivity contribution in [1.82, 2.24) is 19.8 Å². The minimum atomic E-state index is -0.781.